The van der Waals surface area contributed by atoms with Crippen molar-refractivity contribution in [1.82, 2.24) is 19.1 Å². The Morgan fingerprint density at radius 3 is 2.35 bits per heavy atom. The molecule has 0 atom stereocenters. The van der Waals surface area contributed by atoms with Crippen molar-refractivity contribution in [3.63, 3.8) is 0 Å². The summed E-state index contributed by atoms with van der Waals surface area (Å²) in [5, 5.41) is 5.04. The van der Waals surface area contributed by atoms with E-state index in [1.807, 2.05) is 0 Å². The number of nitrogens with zero attached hydrogens (tertiary/aromatic N) is 4. The van der Waals surface area contributed by atoms with Gasteiger partial charge in [0.2, 0.25) is 10.0 Å². The highest BCUT2D eigenvalue weighted by Crippen LogP contribution is 2.31. The number of sulfonamides is 1. The Hall–Kier alpha value is -2.66. The van der Waals surface area contributed by atoms with Gasteiger partial charge in [0.15, 0.2) is 5.69 Å². The summed E-state index contributed by atoms with van der Waals surface area (Å²) in [6.07, 6.45) is -0.491. The number of hydrogen-bond donors (Lipinski definition) is 1. The molecule has 3 rings (SSSR count). The molecule has 2 heterocycles. The molecule has 1 aromatic carbocycles. The average molecular weight is 385 g/mol. The summed E-state index contributed by atoms with van der Waals surface area (Å²) in [5.41, 5.74) is -0.723. The molecule has 3 aromatic rings. The molecule has 0 aliphatic carbocycles. The summed E-state index contributed by atoms with van der Waals surface area (Å²) < 4.78 is 64.9. The summed E-state index contributed by atoms with van der Waals surface area (Å²) in [6.45, 7) is 0.0683. The summed E-state index contributed by atoms with van der Waals surface area (Å²) in [6, 6.07) is 5.16. The fraction of sp³-hybridized carbons (Fsp3) is 0.200. The molecule has 0 aliphatic heterocycles. The zero-order chi connectivity index (χ0) is 19.1. The average Bonchev–Trinajstić information content (AvgIpc) is 3.14. The Kier molecular flexibility index (Phi) is 4.36. The number of hydrogen-bond acceptors (Lipinski definition) is 4. The normalized spacial score (nSPS) is 12.5. The first-order valence-corrected chi connectivity index (χ1v) is 8.84. The van der Waals surface area contributed by atoms with Crippen molar-refractivity contribution in [2.24, 2.45) is 12.2 Å². The quantitative estimate of drug-likeness (QED) is 0.743. The third-order valence-electron chi connectivity index (χ3n) is 3.74. The monoisotopic (exact) mass is 385 g/mol. The molecule has 0 radical (unpaired) electrons. The van der Waals surface area contributed by atoms with Crippen molar-refractivity contribution in [2.75, 3.05) is 0 Å². The van der Waals surface area contributed by atoms with Crippen molar-refractivity contribution in [3.8, 4) is 11.4 Å². The number of nitrogens with two attached hydrogens (primary N) is 1. The standard InChI is InChI=1S/C15H14F3N5O2S/c1-22-7-6-20-13(22)9-23-8-12(15(16,17)18)21-14(23)10-2-4-11(5-3-10)26(19,24)25/h2-8H,9H2,1H3,(H2,19,24,25). The van der Waals surface area contributed by atoms with Crippen LogP contribution in [0.15, 0.2) is 47.8 Å². The highest BCUT2D eigenvalue weighted by Gasteiger charge is 2.35. The van der Waals surface area contributed by atoms with Crippen LogP contribution in [0.1, 0.15) is 11.5 Å². The molecule has 2 N–H and O–H groups in total. The van der Waals surface area contributed by atoms with Gasteiger partial charge in [0, 0.05) is 31.2 Å². The van der Waals surface area contributed by atoms with E-state index in [1.54, 1.807) is 17.8 Å². The maximum Gasteiger partial charge on any atom is 0.434 e. The molecule has 11 heteroatoms. The van der Waals surface area contributed by atoms with E-state index >= 15 is 0 Å². The first-order chi connectivity index (χ1) is 12.1. The highest BCUT2D eigenvalue weighted by molar-refractivity contribution is 7.89. The number of halogens is 3. The maximum absolute atomic E-state index is 13.1. The van der Waals surface area contributed by atoms with Crippen LogP contribution in [0, 0.1) is 0 Å². The van der Waals surface area contributed by atoms with Crippen molar-refractivity contribution in [3.05, 3.63) is 54.4 Å². The Bertz CT molecular complexity index is 1040. The van der Waals surface area contributed by atoms with Gasteiger partial charge in [-0.3, -0.25) is 0 Å². The largest absolute Gasteiger partial charge is 0.434 e. The lowest BCUT2D eigenvalue weighted by atomic mass is 10.2. The topological polar surface area (TPSA) is 95.8 Å². The van der Waals surface area contributed by atoms with Crippen LogP contribution in [0.3, 0.4) is 0 Å². The first kappa shape index (κ1) is 18.1. The van der Waals surface area contributed by atoms with E-state index in [0.717, 1.165) is 6.20 Å². The van der Waals surface area contributed by atoms with Crippen LogP contribution in [0.2, 0.25) is 0 Å². The molecule has 138 valence electrons. The third-order valence-corrected chi connectivity index (χ3v) is 4.67. The van der Waals surface area contributed by atoms with E-state index in [0.29, 0.717) is 11.4 Å². The van der Waals surface area contributed by atoms with Crippen molar-refractivity contribution in [1.29, 1.82) is 0 Å². The van der Waals surface area contributed by atoms with Gasteiger partial charge in [0.05, 0.1) is 11.4 Å². The second-order valence-corrected chi connectivity index (χ2v) is 7.16. The molecule has 0 unspecified atom stereocenters. The van der Waals surface area contributed by atoms with Gasteiger partial charge < -0.3 is 9.13 Å². The number of benzene rings is 1. The SMILES string of the molecule is Cn1ccnc1Cn1cc(C(F)(F)F)nc1-c1ccc(S(N)(=O)=O)cc1. The molecular formula is C15H14F3N5O2S. The molecule has 0 bridgehead atoms. The van der Waals surface area contributed by atoms with E-state index in [2.05, 4.69) is 9.97 Å². The highest BCUT2D eigenvalue weighted by atomic mass is 32.2. The molecule has 2 aromatic heterocycles. The van der Waals surface area contributed by atoms with Crippen LogP contribution in [0.4, 0.5) is 13.2 Å². The van der Waals surface area contributed by atoms with Gasteiger partial charge in [-0.1, -0.05) is 0 Å². The van der Waals surface area contributed by atoms with Crippen LogP contribution >= 0.6 is 0 Å². The minimum absolute atomic E-state index is 0.0429. The van der Waals surface area contributed by atoms with Crippen LogP contribution in [0.25, 0.3) is 11.4 Å². The van der Waals surface area contributed by atoms with Gasteiger partial charge in [0.25, 0.3) is 0 Å². The van der Waals surface area contributed by atoms with Crippen LogP contribution < -0.4 is 5.14 Å². The van der Waals surface area contributed by atoms with Gasteiger partial charge in [0.1, 0.15) is 11.6 Å². The molecule has 0 saturated heterocycles. The van der Waals surface area contributed by atoms with Crippen molar-refractivity contribution in [2.45, 2.75) is 17.6 Å². The van der Waals surface area contributed by atoms with E-state index in [4.69, 9.17) is 5.14 Å². The fourth-order valence-corrected chi connectivity index (χ4v) is 2.91. The van der Waals surface area contributed by atoms with E-state index < -0.39 is 21.9 Å². The van der Waals surface area contributed by atoms with Crippen LogP contribution in [-0.4, -0.2) is 27.5 Å². The van der Waals surface area contributed by atoms with Crippen molar-refractivity contribution >= 4 is 10.0 Å². The third kappa shape index (κ3) is 3.63. The molecule has 0 fully saturated rings. The van der Waals surface area contributed by atoms with Gasteiger partial charge in [-0.25, -0.2) is 23.5 Å². The maximum atomic E-state index is 13.1. The van der Waals surface area contributed by atoms with Gasteiger partial charge >= 0.3 is 6.18 Å². The van der Waals surface area contributed by atoms with Crippen LogP contribution in [-0.2, 0) is 29.8 Å². The molecule has 0 amide bonds. The van der Waals surface area contributed by atoms with E-state index in [9.17, 15) is 21.6 Å². The van der Waals surface area contributed by atoms with E-state index in [-0.39, 0.29) is 17.3 Å². The summed E-state index contributed by atoms with van der Waals surface area (Å²) >= 11 is 0. The number of alkyl halides is 3. The second kappa shape index (κ2) is 6.25. The number of aryl methyl sites for hydroxylation is 1. The minimum atomic E-state index is -4.61. The zero-order valence-electron chi connectivity index (χ0n) is 13.5. The lowest BCUT2D eigenvalue weighted by Gasteiger charge is -2.08. The smallest absolute Gasteiger partial charge is 0.337 e. The molecular weight excluding hydrogens is 371 g/mol. The number of rotatable bonds is 4. The number of primary sulfonamides is 1. The minimum Gasteiger partial charge on any atom is -0.337 e. The second-order valence-electron chi connectivity index (χ2n) is 5.60. The Morgan fingerprint density at radius 2 is 1.85 bits per heavy atom. The predicted molar refractivity (Wildman–Crippen MR) is 86.3 cm³/mol. The Morgan fingerprint density at radius 1 is 1.19 bits per heavy atom. The fourth-order valence-electron chi connectivity index (χ4n) is 2.40. The van der Waals surface area contributed by atoms with Crippen LogP contribution in [0.5, 0.6) is 0 Å². The van der Waals surface area contributed by atoms with Gasteiger partial charge in [-0.05, 0) is 24.3 Å². The van der Waals surface area contributed by atoms with Crippen molar-refractivity contribution < 1.29 is 21.6 Å². The van der Waals surface area contributed by atoms with E-state index in [1.165, 1.54) is 35.0 Å². The molecule has 0 saturated carbocycles. The lowest BCUT2D eigenvalue weighted by Crippen LogP contribution is -2.12. The number of imidazole rings is 2. The first-order valence-electron chi connectivity index (χ1n) is 7.29. The number of aromatic nitrogens is 4. The Labute approximate surface area is 147 Å². The summed E-state index contributed by atoms with van der Waals surface area (Å²) in [7, 11) is -2.17. The van der Waals surface area contributed by atoms with Gasteiger partial charge in [-0.2, -0.15) is 13.2 Å². The molecule has 7 nitrogen and oxygen atoms in total. The summed E-state index contributed by atoms with van der Waals surface area (Å²) in [5.74, 6) is 0.583. The predicted octanol–water partition coefficient (Wildman–Crippen LogP) is 2.00. The molecule has 26 heavy (non-hydrogen) atoms. The molecule has 0 aliphatic rings. The molecule has 0 spiro atoms. The summed E-state index contributed by atoms with van der Waals surface area (Å²) in [4.78, 5) is 7.64. The van der Waals surface area contributed by atoms with Gasteiger partial charge in [-0.15, -0.1) is 0 Å². The Balaban J connectivity index is 2.07. The zero-order valence-corrected chi connectivity index (χ0v) is 14.3. The lowest BCUT2D eigenvalue weighted by molar-refractivity contribution is -0.140.